The van der Waals surface area contributed by atoms with E-state index < -0.39 is 59.4 Å². The highest BCUT2D eigenvalue weighted by Crippen LogP contribution is 2.43. The van der Waals surface area contributed by atoms with E-state index in [2.05, 4.69) is 16.0 Å². The van der Waals surface area contributed by atoms with Crippen molar-refractivity contribution in [1.29, 1.82) is 0 Å². The van der Waals surface area contributed by atoms with Crippen molar-refractivity contribution in [3.05, 3.63) is 101 Å². The highest BCUT2D eigenvalue weighted by Gasteiger charge is 2.47. The molecule has 0 aromatic heterocycles. The fourth-order valence-electron chi connectivity index (χ4n) is 10.2. The number of ether oxygens (including phenoxy) is 6. The minimum Gasteiger partial charge on any atom is -0.493 e. The Morgan fingerprint density at radius 2 is 1.50 bits per heavy atom. The molecule has 19 heteroatoms. The molecule has 2 fully saturated rings. The number of nitrogens with zero attached hydrogens (tertiary/aromatic N) is 2. The average Bonchev–Trinajstić information content (AvgIpc) is 3.64. The molecule has 0 spiro atoms. The van der Waals surface area contributed by atoms with Crippen LogP contribution in [0.15, 0.2) is 72.8 Å². The number of carbonyl (C=O) groups excluding carboxylic acids is 6. The maximum Gasteiger partial charge on any atom is 0.326 e. The molecule has 0 radical (unpaired) electrons. The van der Waals surface area contributed by atoms with Gasteiger partial charge in [0.25, 0.3) is 17.7 Å². The van der Waals surface area contributed by atoms with Crippen LogP contribution in [-0.2, 0) is 36.8 Å². The topological polar surface area (TPSA) is 238 Å². The van der Waals surface area contributed by atoms with Gasteiger partial charge in [-0.2, -0.15) is 0 Å². The number of para-hydroxylation sites is 1. The van der Waals surface area contributed by atoms with E-state index in [1.54, 1.807) is 56.7 Å². The predicted octanol–water partition coefficient (Wildman–Crippen LogP) is 5.02. The maximum absolute atomic E-state index is 14.8. The van der Waals surface area contributed by atoms with Crippen molar-refractivity contribution in [2.45, 2.75) is 69.9 Å². The largest absolute Gasteiger partial charge is 0.493 e. The molecule has 2 saturated heterocycles. The second kappa shape index (κ2) is 23.4. The second-order valence-electron chi connectivity index (χ2n) is 17.7. The number of hydrogen-bond acceptors (Lipinski definition) is 14. The number of rotatable bonds is 22. The number of carboxylic acids is 1. The molecule has 3 heterocycles. The van der Waals surface area contributed by atoms with Crippen LogP contribution in [0.4, 0.5) is 5.69 Å². The van der Waals surface area contributed by atoms with E-state index in [0.29, 0.717) is 77.9 Å². The minimum atomic E-state index is -1.18. The fourth-order valence-corrected chi connectivity index (χ4v) is 10.2. The van der Waals surface area contributed by atoms with E-state index in [0.717, 1.165) is 16.0 Å². The summed E-state index contributed by atoms with van der Waals surface area (Å²) >= 11 is 0. The molecule has 72 heavy (non-hydrogen) atoms. The molecule has 0 aliphatic carbocycles. The quantitative estimate of drug-likeness (QED) is 0.0597. The summed E-state index contributed by atoms with van der Waals surface area (Å²) in [4.78, 5) is 95.1. The molecule has 6 amide bonds. The Morgan fingerprint density at radius 3 is 2.17 bits per heavy atom. The van der Waals surface area contributed by atoms with Crippen LogP contribution in [-0.4, -0.2) is 130 Å². The van der Waals surface area contributed by atoms with Crippen LogP contribution in [0.3, 0.4) is 0 Å². The van der Waals surface area contributed by atoms with Gasteiger partial charge in [-0.05, 0) is 110 Å². The van der Waals surface area contributed by atoms with Gasteiger partial charge in [-0.25, -0.2) is 4.79 Å². The average molecular weight is 992 g/mol. The third-order valence-corrected chi connectivity index (χ3v) is 13.6. The lowest BCUT2D eigenvalue weighted by Crippen LogP contribution is -2.56. The third kappa shape index (κ3) is 11.0. The normalized spacial score (nSPS) is 18.3. The molecular weight excluding hydrogens is 931 g/mol. The number of likely N-dealkylation sites (tertiary alicyclic amines) is 1. The molecule has 3 aliphatic heterocycles. The van der Waals surface area contributed by atoms with Gasteiger partial charge in [0, 0.05) is 31.7 Å². The van der Waals surface area contributed by atoms with E-state index >= 15 is 0 Å². The summed E-state index contributed by atoms with van der Waals surface area (Å²) in [5.74, 6) is -3.33. The number of carboxylic acid groups (broad SMARTS) is 1. The van der Waals surface area contributed by atoms with E-state index in [1.807, 2.05) is 31.2 Å². The molecule has 3 unspecified atom stereocenters. The Hall–Kier alpha value is -7.83. The minimum absolute atomic E-state index is 0.00162. The van der Waals surface area contributed by atoms with Crippen molar-refractivity contribution < 1.29 is 67.1 Å². The van der Waals surface area contributed by atoms with Crippen LogP contribution in [0.1, 0.15) is 82.4 Å². The Labute approximate surface area is 417 Å². The number of nitrogens with one attached hydrogen (secondary N) is 3. The van der Waals surface area contributed by atoms with Crippen molar-refractivity contribution in [3.63, 3.8) is 0 Å². The summed E-state index contributed by atoms with van der Waals surface area (Å²) in [6.45, 7) is 2.06. The number of amides is 6. The van der Waals surface area contributed by atoms with E-state index in [1.165, 1.54) is 32.3 Å². The van der Waals surface area contributed by atoms with Crippen LogP contribution in [0.25, 0.3) is 0 Å². The summed E-state index contributed by atoms with van der Waals surface area (Å²) in [7, 11) is 7.57. The highest BCUT2D eigenvalue weighted by atomic mass is 16.5. The van der Waals surface area contributed by atoms with Crippen molar-refractivity contribution in [2.24, 2.45) is 11.8 Å². The number of fused-ring (bicyclic) bond motifs is 1. The number of benzene rings is 4. The first-order chi connectivity index (χ1) is 34.8. The van der Waals surface area contributed by atoms with Crippen LogP contribution in [0.2, 0.25) is 0 Å². The van der Waals surface area contributed by atoms with Gasteiger partial charge in [-0.15, -0.1) is 0 Å². The molecule has 4 N–H and O–H groups in total. The van der Waals surface area contributed by atoms with Crippen LogP contribution in [0, 0.1) is 11.8 Å². The molecule has 4 aromatic carbocycles. The van der Waals surface area contributed by atoms with Gasteiger partial charge >= 0.3 is 5.97 Å². The monoisotopic (exact) mass is 991 g/mol. The van der Waals surface area contributed by atoms with E-state index in [4.69, 9.17) is 28.4 Å². The molecule has 7 rings (SSSR count). The molecular formula is C53H61N5O14. The Balaban J connectivity index is 1.06. The van der Waals surface area contributed by atoms with Crippen LogP contribution in [0.5, 0.6) is 34.5 Å². The van der Waals surface area contributed by atoms with Crippen LogP contribution < -0.4 is 44.4 Å². The predicted molar refractivity (Wildman–Crippen MR) is 262 cm³/mol. The number of imide groups is 2. The first-order valence-corrected chi connectivity index (χ1v) is 23.9. The maximum atomic E-state index is 14.8. The van der Waals surface area contributed by atoms with Gasteiger partial charge in [0.15, 0.2) is 29.6 Å². The van der Waals surface area contributed by atoms with Gasteiger partial charge in [0.05, 0.1) is 52.6 Å². The Bertz CT molecular complexity index is 2680. The second-order valence-corrected chi connectivity index (χ2v) is 17.7. The Morgan fingerprint density at radius 1 is 0.778 bits per heavy atom. The number of hydrogen-bond donors (Lipinski definition) is 4. The first kappa shape index (κ1) is 52.0. The number of carbonyl (C=O) groups is 7. The van der Waals surface area contributed by atoms with Crippen molar-refractivity contribution in [2.75, 3.05) is 67.1 Å². The van der Waals surface area contributed by atoms with Crippen molar-refractivity contribution in [1.82, 2.24) is 20.4 Å². The Kier molecular flexibility index (Phi) is 16.9. The zero-order valence-corrected chi connectivity index (χ0v) is 41.2. The van der Waals surface area contributed by atoms with Gasteiger partial charge in [0.1, 0.15) is 17.8 Å². The fraction of sp³-hybridized carbons (Fsp3) is 0.415. The zero-order chi connectivity index (χ0) is 51.6. The lowest BCUT2D eigenvalue weighted by molar-refractivity contribution is -0.157. The molecule has 4 aromatic rings. The molecule has 3 aliphatic rings. The summed E-state index contributed by atoms with van der Waals surface area (Å²) in [6, 6.07) is 18.7. The highest BCUT2D eigenvalue weighted by molar-refractivity contribution is 6.25. The summed E-state index contributed by atoms with van der Waals surface area (Å²) in [6.07, 6.45) is 2.23. The molecule has 5 atom stereocenters. The standard InChI is InChI=1S/C53H61N5O14/c1-7-34(33-27-42(69-4)48(71-6)43(28-33)70-5)50(62)57-23-11-14-35(47(57)53(65)66)32(24-30-17-19-40(67-2)41(25-30)68-3)26-31-12-8-9-16-39(31)72-29-45(60)55-22-21-54-37-15-10-13-36-46(37)52(64)58(51(36)63)38-18-20-44(59)56-49(38)61/h8-10,12-13,15-17,19,25,27-28,32,34-35,38,47,54H,7,11,14,18,20-24,26,29H2,1-6H3,(H,55,60)(H,65,66)(H,56,59,61)/t32?,34-,35?,38?,47+/m0/s1. The summed E-state index contributed by atoms with van der Waals surface area (Å²) in [5, 5.41) is 19.2. The number of piperidine rings is 2. The van der Waals surface area contributed by atoms with Gasteiger partial charge in [0.2, 0.25) is 23.5 Å². The summed E-state index contributed by atoms with van der Waals surface area (Å²) < 4.78 is 34.0. The van der Waals surface area contributed by atoms with Crippen LogP contribution >= 0.6 is 0 Å². The first-order valence-electron chi connectivity index (χ1n) is 23.9. The van der Waals surface area contributed by atoms with Gasteiger partial charge in [-0.3, -0.25) is 39.0 Å². The third-order valence-electron chi connectivity index (χ3n) is 13.6. The zero-order valence-electron chi connectivity index (χ0n) is 41.2. The number of aliphatic carboxylic acids is 1. The van der Waals surface area contributed by atoms with Crippen molar-refractivity contribution >= 4 is 47.1 Å². The van der Waals surface area contributed by atoms with Gasteiger partial charge in [-0.1, -0.05) is 37.3 Å². The number of anilines is 1. The summed E-state index contributed by atoms with van der Waals surface area (Å²) in [5.41, 5.74) is 2.78. The molecule has 19 nitrogen and oxygen atoms in total. The molecule has 0 bridgehead atoms. The molecule has 0 saturated carbocycles. The lowest BCUT2D eigenvalue weighted by atomic mass is 9.73. The SMILES string of the molecule is CC[C@H](C(=O)N1CCCC(C(Cc2ccc(OC)c(OC)c2)Cc2ccccc2OCC(=O)NCCNc2cccc3c2C(=O)N(C2CCC(=O)NC2=O)C3=O)[C@@H]1C(=O)O)c1cc(OC)c(OC)c(OC)c1. The molecule has 382 valence electrons. The van der Waals surface area contributed by atoms with Gasteiger partial charge < -0.3 is 49.1 Å². The lowest BCUT2D eigenvalue weighted by Gasteiger charge is -2.43. The van der Waals surface area contributed by atoms with E-state index in [9.17, 15) is 38.7 Å². The van der Waals surface area contributed by atoms with Crippen molar-refractivity contribution in [3.8, 4) is 34.5 Å². The smallest absolute Gasteiger partial charge is 0.326 e. The van der Waals surface area contributed by atoms with E-state index in [-0.39, 0.29) is 62.0 Å². The number of methoxy groups -OCH3 is 5.